The fourth-order valence-electron chi connectivity index (χ4n) is 3.45. The molecule has 4 rings (SSSR count). The number of carbonyl (C=O) groups excluding carboxylic acids is 2. The third-order valence-corrected chi connectivity index (χ3v) is 5.12. The molecule has 158 valence electrons. The van der Waals surface area contributed by atoms with Gasteiger partial charge < -0.3 is 19.4 Å². The summed E-state index contributed by atoms with van der Waals surface area (Å²) in [5, 5.41) is 3.36. The molecule has 3 aromatic rings. The summed E-state index contributed by atoms with van der Waals surface area (Å²) in [6.07, 6.45) is 1.63. The number of anilines is 2. The van der Waals surface area contributed by atoms with Crippen molar-refractivity contribution in [1.82, 2.24) is 0 Å². The minimum Gasteiger partial charge on any atom is -0.490 e. The smallest absolute Gasteiger partial charge is 0.349 e. The molecule has 1 aromatic heterocycles. The molecule has 0 saturated carbocycles. The van der Waals surface area contributed by atoms with Crippen LogP contribution < -0.4 is 20.6 Å². The number of nitrogens with zero attached hydrogens (tertiary/aromatic N) is 1. The van der Waals surface area contributed by atoms with Crippen LogP contribution in [0.2, 0.25) is 0 Å². The van der Waals surface area contributed by atoms with Gasteiger partial charge in [0.25, 0.3) is 5.91 Å². The average molecular weight is 418 g/mol. The first-order valence-electron chi connectivity index (χ1n) is 9.84. The SMILES string of the molecule is C=CCN1C(=O)C(C)(C)COc2ccc(NC(=O)c3cc4ccccc4oc3=O)cc21. The van der Waals surface area contributed by atoms with Crippen LogP contribution in [-0.2, 0) is 4.79 Å². The lowest BCUT2D eigenvalue weighted by Crippen LogP contribution is -2.42. The first-order chi connectivity index (χ1) is 14.8. The standard InChI is InChI=1S/C24H22N2O5/c1-4-11-26-18-13-16(9-10-20(18)30-14-24(2,3)23(26)29)25-21(27)17-12-15-7-5-6-8-19(15)31-22(17)28/h4-10,12-13H,1,11,14H2,2-3H3,(H,25,27). The van der Waals surface area contributed by atoms with Crippen molar-refractivity contribution in [3.8, 4) is 5.75 Å². The third kappa shape index (κ3) is 3.82. The summed E-state index contributed by atoms with van der Waals surface area (Å²) in [5.74, 6) is -0.176. The normalized spacial score (nSPS) is 15.0. The second kappa shape index (κ2) is 7.75. The Morgan fingerprint density at radius 3 is 2.74 bits per heavy atom. The van der Waals surface area contributed by atoms with Crippen molar-refractivity contribution in [2.45, 2.75) is 13.8 Å². The predicted molar refractivity (Wildman–Crippen MR) is 119 cm³/mol. The van der Waals surface area contributed by atoms with Crippen molar-refractivity contribution in [3.05, 3.63) is 77.2 Å². The van der Waals surface area contributed by atoms with E-state index >= 15 is 0 Å². The van der Waals surface area contributed by atoms with Crippen molar-refractivity contribution < 1.29 is 18.7 Å². The van der Waals surface area contributed by atoms with Crippen LogP contribution in [-0.4, -0.2) is 25.0 Å². The van der Waals surface area contributed by atoms with Crippen LogP contribution in [0.4, 0.5) is 11.4 Å². The molecule has 0 atom stereocenters. The molecule has 7 nitrogen and oxygen atoms in total. The number of nitrogens with one attached hydrogen (secondary N) is 1. The van der Waals surface area contributed by atoms with Crippen molar-refractivity contribution in [3.63, 3.8) is 0 Å². The molecule has 0 radical (unpaired) electrons. The zero-order valence-corrected chi connectivity index (χ0v) is 17.3. The quantitative estimate of drug-likeness (QED) is 0.511. The molecule has 0 saturated heterocycles. The number of carbonyl (C=O) groups is 2. The number of hydrogen-bond acceptors (Lipinski definition) is 5. The van der Waals surface area contributed by atoms with Gasteiger partial charge in [-0.2, -0.15) is 0 Å². The fraction of sp³-hybridized carbons (Fsp3) is 0.208. The van der Waals surface area contributed by atoms with Crippen LogP contribution in [0.15, 0.2) is 70.4 Å². The Bertz CT molecular complexity index is 1260. The highest BCUT2D eigenvalue weighted by atomic mass is 16.5. The zero-order valence-electron chi connectivity index (χ0n) is 17.3. The van der Waals surface area contributed by atoms with E-state index in [1.165, 1.54) is 6.07 Å². The number of ether oxygens (including phenoxy) is 1. The van der Waals surface area contributed by atoms with Crippen LogP contribution in [0, 0.1) is 5.41 Å². The average Bonchev–Trinajstić information content (AvgIpc) is 2.83. The first kappa shape index (κ1) is 20.4. The number of amides is 2. The van der Waals surface area contributed by atoms with E-state index in [1.54, 1.807) is 53.4 Å². The number of benzene rings is 2. The molecule has 0 bridgehead atoms. The molecule has 1 aliphatic heterocycles. The van der Waals surface area contributed by atoms with Crippen LogP contribution >= 0.6 is 0 Å². The molecule has 31 heavy (non-hydrogen) atoms. The lowest BCUT2D eigenvalue weighted by Gasteiger charge is -2.27. The Hall–Kier alpha value is -3.87. The van der Waals surface area contributed by atoms with Crippen molar-refractivity contribution in [1.29, 1.82) is 0 Å². The highest BCUT2D eigenvalue weighted by molar-refractivity contribution is 6.06. The molecule has 1 aliphatic rings. The summed E-state index contributed by atoms with van der Waals surface area (Å²) in [6.45, 7) is 7.90. The molecule has 7 heteroatoms. The van der Waals surface area contributed by atoms with E-state index in [1.807, 2.05) is 13.8 Å². The van der Waals surface area contributed by atoms with Crippen LogP contribution in [0.5, 0.6) is 5.75 Å². The number of para-hydroxylation sites is 1. The first-order valence-corrected chi connectivity index (χ1v) is 9.84. The lowest BCUT2D eigenvalue weighted by atomic mass is 9.93. The summed E-state index contributed by atoms with van der Waals surface area (Å²) >= 11 is 0. The summed E-state index contributed by atoms with van der Waals surface area (Å²) in [5.41, 5.74) is -0.188. The number of rotatable bonds is 4. The maximum absolute atomic E-state index is 13.0. The van der Waals surface area contributed by atoms with Crippen molar-refractivity contribution >= 4 is 34.2 Å². The summed E-state index contributed by atoms with van der Waals surface area (Å²) in [4.78, 5) is 39.7. The van der Waals surface area contributed by atoms with E-state index in [-0.39, 0.29) is 18.1 Å². The minimum absolute atomic E-state index is 0.106. The van der Waals surface area contributed by atoms with E-state index in [0.29, 0.717) is 34.6 Å². The van der Waals surface area contributed by atoms with Gasteiger partial charge in [0.15, 0.2) is 0 Å². The Balaban J connectivity index is 1.68. The minimum atomic E-state index is -0.723. The zero-order chi connectivity index (χ0) is 22.2. The highest BCUT2D eigenvalue weighted by Gasteiger charge is 2.37. The maximum Gasteiger partial charge on any atom is 0.349 e. The molecule has 2 aromatic carbocycles. The molecule has 2 heterocycles. The van der Waals surface area contributed by atoms with Crippen molar-refractivity contribution in [2.75, 3.05) is 23.4 Å². The Kier molecular flexibility index (Phi) is 5.10. The van der Waals surface area contributed by atoms with Gasteiger partial charge in [0.2, 0.25) is 5.91 Å². The van der Waals surface area contributed by atoms with Gasteiger partial charge in [0.1, 0.15) is 23.5 Å². The van der Waals surface area contributed by atoms with Gasteiger partial charge in [-0.3, -0.25) is 9.59 Å². The third-order valence-electron chi connectivity index (χ3n) is 5.12. The lowest BCUT2D eigenvalue weighted by molar-refractivity contribution is -0.127. The van der Waals surface area contributed by atoms with Crippen LogP contribution in [0.1, 0.15) is 24.2 Å². The highest BCUT2D eigenvalue weighted by Crippen LogP contribution is 2.38. The van der Waals surface area contributed by atoms with Gasteiger partial charge >= 0.3 is 5.63 Å². The molecule has 0 unspecified atom stereocenters. The number of fused-ring (bicyclic) bond motifs is 2. The van der Waals surface area contributed by atoms with E-state index in [2.05, 4.69) is 11.9 Å². The van der Waals surface area contributed by atoms with Gasteiger partial charge in [-0.05, 0) is 44.2 Å². The largest absolute Gasteiger partial charge is 0.490 e. The molecule has 1 N–H and O–H groups in total. The Morgan fingerprint density at radius 1 is 1.19 bits per heavy atom. The van der Waals surface area contributed by atoms with Gasteiger partial charge in [-0.15, -0.1) is 6.58 Å². The second-order valence-corrected chi connectivity index (χ2v) is 8.00. The van der Waals surface area contributed by atoms with E-state index < -0.39 is 16.9 Å². The van der Waals surface area contributed by atoms with Crippen LogP contribution in [0.25, 0.3) is 11.0 Å². The number of hydrogen-bond donors (Lipinski definition) is 1. The molecular weight excluding hydrogens is 396 g/mol. The van der Waals surface area contributed by atoms with Crippen molar-refractivity contribution in [2.24, 2.45) is 5.41 Å². The molecular formula is C24H22N2O5. The second-order valence-electron chi connectivity index (χ2n) is 8.00. The summed E-state index contributed by atoms with van der Waals surface area (Å²) in [6, 6.07) is 13.5. The monoisotopic (exact) mass is 418 g/mol. The molecule has 0 spiro atoms. The van der Waals surface area contributed by atoms with Gasteiger partial charge in [-0.25, -0.2) is 4.79 Å². The Morgan fingerprint density at radius 2 is 1.97 bits per heavy atom. The topological polar surface area (TPSA) is 88.8 Å². The van der Waals surface area contributed by atoms with E-state index in [0.717, 1.165) is 0 Å². The van der Waals surface area contributed by atoms with E-state index in [9.17, 15) is 14.4 Å². The maximum atomic E-state index is 13.0. The predicted octanol–water partition coefficient (Wildman–Crippen LogP) is 3.98. The summed E-state index contributed by atoms with van der Waals surface area (Å²) in [7, 11) is 0. The molecule has 0 aliphatic carbocycles. The molecule has 0 fully saturated rings. The van der Waals surface area contributed by atoms with Gasteiger partial charge in [0.05, 0.1) is 11.1 Å². The summed E-state index contributed by atoms with van der Waals surface area (Å²) < 4.78 is 11.1. The van der Waals surface area contributed by atoms with E-state index in [4.69, 9.17) is 9.15 Å². The molecule has 2 amide bonds. The Labute approximate surface area is 178 Å². The van der Waals surface area contributed by atoms with Gasteiger partial charge in [-0.1, -0.05) is 24.3 Å². The van der Waals surface area contributed by atoms with Gasteiger partial charge in [0, 0.05) is 17.6 Å². The van der Waals surface area contributed by atoms with Crippen LogP contribution in [0.3, 0.4) is 0 Å². The fourth-order valence-corrected chi connectivity index (χ4v) is 3.45.